The predicted molar refractivity (Wildman–Crippen MR) is 133 cm³/mol. The third-order valence-electron chi connectivity index (χ3n) is 8.58. The molecular weight excluding hydrogens is 420 g/mol. The van der Waals surface area contributed by atoms with Crippen molar-refractivity contribution in [1.82, 2.24) is 4.90 Å². The molecular formula is C25H44N2O2SSi. The van der Waals surface area contributed by atoms with Crippen molar-refractivity contribution in [3.8, 4) is 0 Å². The summed E-state index contributed by atoms with van der Waals surface area (Å²) in [6.45, 7) is 6.74. The van der Waals surface area contributed by atoms with Gasteiger partial charge < -0.3 is 15.4 Å². The van der Waals surface area contributed by atoms with Gasteiger partial charge in [-0.25, -0.2) is 0 Å². The normalized spacial score (nSPS) is 37.9. The molecule has 0 aromatic heterocycles. The molecule has 0 radical (unpaired) electrons. The first kappa shape index (κ1) is 23.8. The molecule has 6 atom stereocenters. The zero-order valence-corrected chi connectivity index (χ0v) is 21.5. The van der Waals surface area contributed by atoms with Gasteiger partial charge in [-0.2, -0.15) is 0 Å². The van der Waals surface area contributed by atoms with Crippen molar-refractivity contribution in [2.45, 2.75) is 87.8 Å². The molecule has 2 saturated heterocycles. The highest BCUT2D eigenvalue weighted by atomic mass is 32.2. The van der Waals surface area contributed by atoms with Crippen LogP contribution in [0, 0.1) is 29.6 Å². The Hall–Kier alpha value is -0.303. The summed E-state index contributed by atoms with van der Waals surface area (Å²) in [5.74, 6) is 3.97. The van der Waals surface area contributed by atoms with Crippen LogP contribution >= 0.6 is 11.8 Å². The van der Waals surface area contributed by atoms with Crippen LogP contribution in [0.5, 0.6) is 0 Å². The molecule has 3 N–H and O–H groups in total. The summed E-state index contributed by atoms with van der Waals surface area (Å²) < 4.78 is 0. The van der Waals surface area contributed by atoms with Crippen LogP contribution in [0.15, 0.2) is 11.8 Å². The van der Waals surface area contributed by atoms with E-state index in [4.69, 9.17) is 5.73 Å². The number of carbonyl (C=O) groups is 1. The maximum absolute atomic E-state index is 13.4. The lowest BCUT2D eigenvalue weighted by Gasteiger charge is -2.40. The fraction of sp³-hybridized carbons (Fsp3) is 0.880. The van der Waals surface area contributed by atoms with Gasteiger partial charge in [0.25, 0.3) is 0 Å². The molecule has 1 amide bonds. The van der Waals surface area contributed by atoms with E-state index in [0.29, 0.717) is 23.0 Å². The number of carbonyl (C=O) groups excluding carboxylic acids is 1. The Balaban J connectivity index is 1.29. The lowest BCUT2D eigenvalue weighted by Crippen LogP contribution is -2.44. The van der Waals surface area contributed by atoms with Crippen LogP contribution in [-0.4, -0.2) is 54.1 Å². The number of hydrogen-bond donors (Lipinski definition) is 2. The summed E-state index contributed by atoms with van der Waals surface area (Å²) in [5, 5.41) is 0.796. The zero-order chi connectivity index (χ0) is 22.0. The molecule has 0 bridgehead atoms. The molecule has 6 heteroatoms. The zero-order valence-electron chi connectivity index (χ0n) is 19.7. The molecule has 6 unspecified atom stereocenters. The first-order valence-electron chi connectivity index (χ1n) is 12.9. The van der Waals surface area contributed by atoms with Crippen LogP contribution in [0.3, 0.4) is 0 Å². The maximum Gasteiger partial charge on any atom is 0.235 e. The molecule has 31 heavy (non-hydrogen) atoms. The standard InChI is InChI=1S/C25H44N2O2SSi/c1-31(2,29)14-11-20-6-4-8-23-22(20)16-24(30-23)25(28)27-12-9-19(10-13-27)21-7-3-5-18(15-21)17-26/h11,14,18-24,29H,3-10,12-13,15-17,26H2,1-2H3/b14-11+. The average molecular weight is 465 g/mol. The molecule has 2 saturated carbocycles. The topological polar surface area (TPSA) is 66.6 Å². The fourth-order valence-corrected chi connectivity index (χ4v) is 9.35. The van der Waals surface area contributed by atoms with Gasteiger partial charge in [-0.15, -0.1) is 11.8 Å². The summed E-state index contributed by atoms with van der Waals surface area (Å²) in [4.78, 5) is 25.8. The van der Waals surface area contributed by atoms with E-state index >= 15 is 0 Å². The van der Waals surface area contributed by atoms with Gasteiger partial charge in [0.2, 0.25) is 14.2 Å². The third kappa shape index (κ3) is 5.98. The second-order valence-electron chi connectivity index (χ2n) is 11.4. The number of nitrogens with two attached hydrogens (primary N) is 1. The van der Waals surface area contributed by atoms with Crippen molar-refractivity contribution >= 4 is 26.0 Å². The van der Waals surface area contributed by atoms with Crippen molar-refractivity contribution in [2.24, 2.45) is 35.3 Å². The summed E-state index contributed by atoms with van der Waals surface area (Å²) in [7, 11) is -2.15. The monoisotopic (exact) mass is 464 g/mol. The summed E-state index contributed by atoms with van der Waals surface area (Å²) in [6.07, 6.45) is 14.8. The Kier molecular flexibility index (Phi) is 7.93. The largest absolute Gasteiger partial charge is 0.428 e. The number of rotatable bonds is 5. The highest BCUT2D eigenvalue weighted by Gasteiger charge is 2.45. The molecule has 2 aliphatic heterocycles. The number of allylic oxidation sites excluding steroid dienone is 1. The number of piperidine rings is 1. The van der Waals surface area contributed by atoms with E-state index in [2.05, 4.69) is 16.7 Å². The SMILES string of the molecule is C[Si](C)(O)/C=C/C1CCCC2SC(C(=O)N3CCC(C4CCCC(CN)C4)CC3)CC12. The van der Waals surface area contributed by atoms with Gasteiger partial charge in [-0.1, -0.05) is 31.0 Å². The number of hydrogen-bond acceptors (Lipinski definition) is 4. The first-order chi connectivity index (χ1) is 14.8. The van der Waals surface area contributed by atoms with E-state index in [1.165, 1.54) is 57.8 Å². The molecule has 176 valence electrons. The van der Waals surface area contributed by atoms with Gasteiger partial charge in [-0.05, 0) is 94.2 Å². The highest BCUT2D eigenvalue weighted by Crippen LogP contribution is 2.50. The van der Waals surface area contributed by atoms with E-state index in [0.717, 1.165) is 43.8 Å². The minimum atomic E-state index is -2.15. The van der Waals surface area contributed by atoms with Crippen LogP contribution in [-0.2, 0) is 4.79 Å². The van der Waals surface area contributed by atoms with Gasteiger partial charge in [-0.3, -0.25) is 4.79 Å². The van der Waals surface area contributed by atoms with Crippen LogP contribution in [0.2, 0.25) is 13.1 Å². The number of nitrogens with zero attached hydrogens (tertiary/aromatic N) is 1. The van der Waals surface area contributed by atoms with Crippen molar-refractivity contribution in [1.29, 1.82) is 0 Å². The number of amides is 1. The van der Waals surface area contributed by atoms with Gasteiger partial charge in [0, 0.05) is 18.3 Å². The van der Waals surface area contributed by atoms with Crippen molar-refractivity contribution in [3.05, 3.63) is 11.8 Å². The number of fused-ring (bicyclic) bond motifs is 1. The van der Waals surface area contributed by atoms with Crippen LogP contribution in [0.25, 0.3) is 0 Å². The smallest absolute Gasteiger partial charge is 0.235 e. The van der Waals surface area contributed by atoms with Gasteiger partial charge in [0.1, 0.15) is 0 Å². The quantitative estimate of drug-likeness (QED) is 0.585. The highest BCUT2D eigenvalue weighted by molar-refractivity contribution is 8.01. The predicted octanol–water partition coefficient (Wildman–Crippen LogP) is 4.57. The van der Waals surface area contributed by atoms with Crippen LogP contribution < -0.4 is 5.73 Å². The Morgan fingerprint density at radius 3 is 2.52 bits per heavy atom. The first-order valence-corrected chi connectivity index (χ1v) is 16.9. The Morgan fingerprint density at radius 2 is 1.81 bits per heavy atom. The van der Waals surface area contributed by atoms with E-state index < -0.39 is 8.32 Å². The molecule has 4 nitrogen and oxygen atoms in total. The van der Waals surface area contributed by atoms with Crippen molar-refractivity contribution in [3.63, 3.8) is 0 Å². The molecule has 0 aromatic carbocycles. The summed E-state index contributed by atoms with van der Waals surface area (Å²) >= 11 is 1.98. The lowest BCUT2D eigenvalue weighted by atomic mass is 9.72. The van der Waals surface area contributed by atoms with Gasteiger partial charge >= 0.3 is 0 Å². The lowest BCUT2D eigenvalue weighted by molar-refractivity contribution is -0.132. The Labute approximate surface area is 194 Å². The Bertz CT molecular complexity index is 644. The van der Waals surface area contributed by atoms with Gasteiger partial charge in [0.15, 0.2) is 0 Å². The van der Waals surface area contributed by atoms with E-state index in [9.17, 15) is 9.59 Å². The van der Waals surface area contributed by atoms with Crippen LogP contribution in [0.4, 0.5) is 0 Å². The maximum atomic E-state index is 13.4. The molecule has 4 aliphatic rings. The van der Waals surface area contributed by atoms with Crippen LogP contribution in [0.1, 0.15) is 64.2 Å². The number of likely N-dealkylation sites (tertiary alicyclic amines) is 1. The minimum absolute atomic E-state index is 0.163. The van der Waals surface area contributed by atoms with E-state index in [1.54, 1.807) is 0 Å². The second-order valence-corrected chi connectivity index (χ2v) is 16.4. The average Bonchev–Trinajstić information content (AvgIpc) is 3.22. The molecule has 2 aliphatic carbocycles. The summed E-state index contributed by atoms with van der Waals surface area (Å²) in [5.41, 5.74) is 8.06. The van der Waals surface area contributed by atoms with E-state index in [-0.39, 0.29) is 5.25 Å². The minimum Gasteiger partial charge on any atom is -0.428 e. The van der Waals surface area contributed by atoms with Gasteiger partial charge in [0.05, 0.1) is 5.25 Å². The van der Waals surface area contributed by atoms with E-state index in [1.807, 2.05) is 24.9 Å². The second kappa shape index (κ2) is 10.3. The molecule has 4 rings (SSSR count). The third-order valence-corrected chi connectivity index (χ3v) is 11.2. The molecule has 4 fully saturated rings. The summed E-state index contributed by atoms with van der Waals surface area (Å²) in [6, 6.07) is 0. The molecule has 2 heterocycles. The van der Waals surface area contributed by atoms with Crippen molar-refractivity contribution in [2.75, 3.05) is 19.6 Å². The Morgan fingerprint density at radius 1 is 1.06 bits per heavy atom. The number of thioether (sulfide) groups is 1. The molecule has 0 spiro atoms. The van der Waals surface area contributed by atoms with Crippen molar-refractivity contribution < 1.29 is 9.59 Å². The fourth-order valence-electron chi connectivity index (χ4n) is 6.79. The molecule has 0 aromatic rings.